The molecule has 0 spiro atoms. The van der Waals surface area contributed by atoms with Gasteiger partial charge in [-0.1, -0.05) is 19.6 Å². The Balaban J connectivity index is 0.00000289. The highest BCUT2D eigenvalue weighted by atomic mass is 19.4. The lowest BCUT2D eigenvalue weighted by Gasteiger charge is -2.33. The summed E-state index contributed by atoms with van der Waals surface area (Å²) in [5.74, 6) is -0.215. The molecular formula is C21H25F3N6O2. The zero-order valence-electron chi connectivity index (χ0n) is 16.7. The highest BCUT2D eigenvalue weighted by Gasteiger charge is 2.52. The molecule has 11 heteroatoms. The first-order chi connectivity index (χ1) is 14.7. The van der Waals surface area contributed by atoms with E-state index in [0.29, 0.717) is 37.6 Å². The normalized spacial score (nSPS) is 18.7. The van der Waals surface area contributed by atoms with E-state index in [1.54, 1.807) is 29.2 Å². The van der Waals surface area contributed by atoms with Gasteiger partial charge in [0, 0.05) is 24.8 Å². The maximum absolute atomic E-state index is 13.2. The molecule has 1 fully saturated rings. The number of carbonyl (C=O) groups excluding carboxylic acids is 1. The second-order valence-corrected chi connectivity index (χ2v) is 7.66. The lowest BCUT2D eigenvalue weighted by Crippen LogP contribution is -2.41. The summed E-state index contributed by atoms with van der Waals surface area (Å²) in [6.45, 7) is 1.50. The molecule has 32 heavy (non-hydrogen) atoms. The van der Waals surface area contributed by atoms with Crippen LogP contribution < -0.4 is 0 Å². The number of amides is 1. The van der Waals surface area contributed by atoms with Gasteiger partial charge < -0.3 is 10.0 Å². The maximum atomic E-state index is 13.2. The lowest BCUT2D eigenvalue weighted by atomic mass is 9.99. The van der Waals surface area contributed by atoms with Gasteiger partial charge in [-0.25, -0.2) is 0 Å². The molecule has 0 bridgehead atoms. The number of halogens is 3. The van der Waals surface area contributed by atoms with Gasteiger partial charge in [0.1, 0.15) is 0 Å². The van der Waals surface area contributed by atoms with Gasteiger partial charge in [-0.3, -0.25) is 9.48 Å². The molecule has 0 aliphatic carbocycles. The van der Waals surface area contributed by atoms with Crippen LogP contribution in [-0.2, 0) is 5.60 Å². The molecular weight excluding hydrogens is 425 g/mol. The van der Waals surface area contributed by atoms with Crippen molar-refractivity contribution in [2.75, 3.05) is 13.1 Å². The van der Waals surface area contributed by atoms with Crippen molar-refractivity contribution in [3.63, 3.8) is 0 Å². The van der Waals surface area contributed by atoms with Crippen molar-refractivity contribution >= 4 is 5.91 Å². The molecule has 8 nitrogen and oxygen atoms in total. The number of rotatable bonds is 4. The number of alkyl halides is 3. The van der Waals surface area contributed by atoms with Crippen molar-refractivity contribution in [2.24, 2.45) is 0 Å². The molecule has 2 atom stereocenters. The first-order valence-electron chi connectivity index (χ1n) is 9.77. The Morgan fingerprint density at radius 3 is 2.53 bits per heavy atom. The van der Waals surface area contributed by atoms with Gasteiger partial charge in [-0.15, -0.1) is 0 Å². The highest BCUT2D eigenvalue weighted by Crippen LogP contribution is 2.38. The smallest absolute Gasteiger partial charge is 0.376 e. The minimum Gasteiger partial charge on any atom is -0.376 e. The van der Waals surface area contributed by atoms with Crippen molar-refractivity contribution in [1.82, 2.24) is 29.7 Å². The zero-order chi connectivity index (χ0) is 22.2. The molecule has 3 heterocycles. The van der Waals surface area contributed by atoms with Crippen molar-refractivity contribution in [2.45, 2.75) is 45.0 Å². The third-order valence-electron chi connectivity index (χ3n) is 5.54. The van der Waals surface area contributed by atoms with Gasteiger partial charge in [0.2, 0.25) is 0 Å². The van der Waals surface area contributed by atoms with Crippen LogP contribution >= 0.6 is 0 Å². The van der Waals surface area contributed by atoms with Crippen molar-refractivity contribution in [3.05, 3.63) is 60.2 Å². The summed E-state index contributed by atoms with van der Waals surface area (Å²) < 4.78 is 40.8. The number of nitrogens with zero attached hydrogens (tertiary/aromatic N) is 6. The van der Waals surface area contributed by atoms with E-state index in [1.165, 1.54) is 28.1 Å². The summed E-state index contributed by atoms with van der Waals surface area (Å²) in [4.78, 5) is 16.2. The van der Waals surface area contributed by atoms with Gasteiger partial charge in [0.25, 0.3) is 5.91 Å². The number of para-hydroxylation sites is 1. The molecule has 1 amide bonds. The fraction of sp³-hybridized carbons (Fsp3) is 0.429. The fourth-order valence-electron chi connectivity index (χ4n) is 3.65. The quantitative estimate of drug-likeness (QED) is 0.659. The predicted molar refractivity (Wildman–Crippen MR) is 110 cm³/mol. The second kappa shape index (κ2) is 8.73. The molecule has 4 rings (SSSR count). The highest BCUT2D eigenvalue weighted by molar-refractivity contribution is 5.97. The average Bonchev–Trinajstić information content (AvgIpc) is 3.45. The largest absolute Gasteiger partial charge is 0.421 e. The van der Waals surface area contributed by atoms with Gasteiger partial charge in [0.05, 0.1) is 35.9 Å². The van der Waals surface area contributed by atoms with Crippen molar-refractivity contribution in [3.8, 4) is 5.69 Å². The topological polar surface area (TPSA) is 89.1 Å². The number of hydrogen-bond donors (Lipinski definition) is 1. The first kappa shape index (κ1) is 23.5. The van der Waals surface area contributed by atoms with Crippen LogP contribution in [0.15, 0.2) is 49.1 Å². The van der Waals surface area contributed by atoms with E-state index in [4.69, 9.17) is 0 Å². The molecule has 1 aliphatic heterocycles. The standard InChI is InChI=1S/C20H21F3N6O2.CH4/c1-19(31,20(21,22)23)14-11-26-28(12-14)15-5-4-10-27(13-15)18(30)16-6-2-3-7-17(16)29-24-8-9-25-29;/h2-3,6-9,11-12,15,31H,4-5,10,13H2,1H3;1H4. The predicted octanol–water partition coefficient (Wildman–Crippen LogP) is 3.35. The lowest BCUT2D eigenvalue weighted by molar-refractivity contribution is -0.258. The summed E-state index contributed by atoms with van der Waals surface area (Å²) in [6.07, 6.45) is 1.76. The maximum Gasteiger partial charge on any atom is 0.421 e. The van der Waals surface area contributed by atoms with Crippen LogP contribution in [0, 0.1) is 0 Å². The second-order valence-electron chi connectivity index (χ2n) is 7.66. The number of benzene rings is 1. The van der Waals surface area contributed by atoms with Crippen LogP contribution in [0.1, 0.15) is 49.2 Å². The summed E-state index contributed by atoms with van der Waals surface area (Å²) in [6, 6.07) is 6.67. The molecule has 3 aromatic rings. The van der Waals surface area contributed by atoms with Gasteiger partial charge in [-0.2, -0.15) is 33.3 Å². The monoisotopic (exact) mass is 450 g/mol. The van der Waals surface area contributed by atoms with Crippen LogP contribution in [0.25, 0.3) is 5.69 Å². The number of hydrogen-bond acceptors (Lipinski definition) is 5. The Morgan fingerprint density at radius 1 is 1.16 bits per heavy atom. The number of aromatic nitrogens is 5. The fourth-order valence-corrected chi connectivity index (χ4v) is 3.65. The van der Waals surface area contributed by atoms with Crippen LogP contribution in [-0.4, -0.2) is 60.0 Å². The average molecular weight is 450 g/mol. The molecule has 172 valence electrons. The molecule has 0 saturated carbocycles. The SMILES string of the molecule is C.CC(O)(c1cnn(C2CCCN(C(=O)c3ccccc3-n3nccn3)C2)c1)C(F)(F)F. The Bertz CT molecular complexity index is 1060. The van der Waals surface area contributed by atoms with Crippen molar-refractivity contribution in [1.29, 1.82) is 0 Å². The molecule has 1 saturated heterocycles. The minimum absolute atomic E-state index is 0. The van der Waals surface area contributed by atoms with Crippen LogP contribution in [0.2, 0.25) is 0 Å². The molecule has 1 aliphatic rings. The number of piperidine rings is 1. The summed E-state index contributed by atoms with van der Waals surface area (Å²) in [5, 5.41) is 22.1. The van der Waals surface area contributed by atoms with Gasteiger partial charge in [0.15, 0.2) is 5.60 Å². The van der Waals surface area contributed by atoms with E-state index >= 15 is 0 Å². The number of likely N-dealkylation sites (tertiary alicyclic amines) is 1. The Hall–Kier alpha value is -3.21. The third kappa shape index (κ3) is 4.24. The summed E-state index contributed by atoms with van der Waals surface area (Å²) in [7, 11) is 0. The van der Waals surface area contributed by atoms with Crippen LogP contribution in [0.4, 0.5) is 13.2 Å². The third-order valence-corrected chi connectivity index (χ3v) is 5.54. The summed E-state index contributed by atoms with van der Waals surface area (Å²) in [5.41, 5.74) is -2.35. The Kier molecular flexibility index (Phi) is 6.40. The van der Waals surface area contributed by atoms with E-state index in [1.807, 2.05) is 0 Å². The molecule has 1 N–H and O–H groups in total. The van der Waals surface area contributed by atoms with E-state index in [2.05, 4.69) is 15.3 Å². The number of aliphatic hydroxyl groups is 1. The molecule has 1 aromatic carbocycles. The minimum atomic E-state index is -4.82. The Labute approximate surface area is 183 Å². The molecule has 2 aromatic heterocycles. The summed E-state index contributed by atoms with van der Waals surface area (Å²) >= 11 is 0. The van der Waals surface area contributed by atoms with E-state index in [-0.39, 0.29) is 31.5 Å². The van der Waals surface area contributed by atoms with Crippen LogP contribution in [0.5, 0.6) is 0 Å². The van der Waals surface area contributed by atoms with E-state index < -0.39 is 11.8 Å². The Morgan fingerprint density at radius 2 is 1.84 bits per heavy atom. The van der Waals surface area contributed by atoms with E-state index in [0.717, 1.165) is 6.20 Å². The number of carbonyl (C=O) groups is 1. The van der Waals surface area contributed by atoms with E-state index in [9.17, 15) is 23.1 Å². The van der Waals surface area contributed by atoms with Gasteiger partial charge in [-0.05, 0) is 31.9 Å². The zero-order valence-corrected chi connectivity index (χ0v) is 16.7. The van der Waals surface area contributed by atoms with Crippen molar-refractivity contribution < 1.29 is 23.1 Å². The van der Waals surface area contributed by atoms with Gasteiger partial charge >= 0.3 is 6.18 Å². The molecule has 2 unspecified atom stereocenters. The molecule has 0 radical (unpaired) electrons. The first-order valence-corrected chi connectivity index (χ1v) is 9.77. The van der Waals surface area contributed by atoms with Crippen LogP contribution in [0.3, 0.4) is 0 Å².